The fourth-order valence-corrected chi connectivity index (χ4v) is 6.82. The third-order valence-corrected chi connectivity index (χ3v) is 9.70. The van der Waals surface area contributed by atoms with Crippen LogP contribution in [0.15, 0.2) is 134 Å². The van der Waals surface area contributed by atoms with Gasteiger partial charge in [0.1, 0.15) is 46.6 Å². The predicted molar refractivity (Wildman–Crippen MR) is 231 cm³/mol. The van der Waals surface area contributed by atoms with E-state index in [1.165, 1.54) is 61.2 Å². The van der Waals surface area contributed by atoms with Crippen LogP contribution in [-0.4, -0.2) is 87.9 Å². The molecule has 6 aromatic rings. The SMILES string of the molecule is NCC(F)(F)F.O=C(NCC(F)(F)F)NC(Cc1ncccn1)(c1cccc(OC(F)(F)F)c1)c1cccc(OC(F)(F)F)c1.O=C(O)C(Cc1ncccn1)(c1cccc(OC(F)(F)F)c1)c1cccc(OC(F)(F)F)c1. The largest absolute Gasteiger partial charge is 0.573 e. The van der Waals surface area contributed by atoms with Gasteiger partial charge in [0, 0.05) is 37.6 Å². The van der Waals surface area contributed by atoms with Crippen LogP contribution in [0.4, 0.5) is 83.8 Å². The Hall–Kier alpha value is -8.32. The lowest BCUT2D eigenvalue weighted by Gasteiger charge is -2.36. The number of hydrogen-bond acceptors (Lipinski definition) is 11. The molecule has 2 heterocycles. The van der Waals surface area contributed by atoms with E-state index in [1.54, 1.807) is 5.32 Å². The van der Waals surface area contributed by atoms with Gasteiger partial charge in [-0.05, 0) is 82.9 Å². The molecule has 2 aromatic heterocycles. The molecule has 0 fully saturated rings. The summed E-state index contributed by atoms with van der Waals surface area (Å²) < 4.78 is 240. The second-order valence-electron chi connectivity index (χ2n) is 15.3. The van der Waals surface area contributed by atoms with Gasteiger partial charge >= 0.3 is 49.8 Å². The lowest BCUT2D eigenvalue weighted by molar-refractivity contribution is -0.275. The van der Waals surface area contributed by atoms with Crippen LogP contribution in [0.1, 0.15) is 33.9 Å². The Morgan fingerprint density at radius 1 is 0.462 bits per heavy atom. The second kappa shape index (κ2) is 25.2. The molecule has 0 unspecified atom stereocenters. The Kier molecular flexibility index (Phi) is 20.1. The highest BCUT2D eigenvalue weighted by atomic mass is 19.4. The van der Waals surface area contributed by atoms with Gasteiger partial charge in [-0.3, -0.25) is 4.79 Å². The summed E-state index contributed by atoms with van der Waals surface area (Å²) in [6.45, 7) is -3.02. The monoisotopic (exact) mass is 1140 g/mol. The molecule has 0 bridgehead atoms. The zero-order valence-corrected chi connectivity index (χ0v) is 38.6. The van der Waals surface area contributed by atoms with Gasteiger partial charge < -0.3 is 40.4 Å². The van der Waals surface area contributed by atoms with Gasteiger partial charge in [0.2, 0.25) is 0 Å². The van der Waals surface area contributed by atoms with Crippen molar-refractivity contribution in [3.05, 3.63) is 168 Å². The Morgan fingerprint density at radius 2 is 0.769 bits per heavy atom. The molecule has 2 amide bonds. The smallest absolute Gasteiger partial charge is 0.480 e. The van der Waals surface area contributed by atoms with Crippen molar-refractivity contribution in [3.8, 4) is 23.0 Å². The zero-order valence-electron chi connectivity index (χ0n) is 38.6. The first-order valence-electron chi connectivity index (χ1n) is 21.1. The third kappa shape index (κ3) is 20.3. The maximum atomic E-state index is 12.9. The fourth-order valence-electron chi connectivity index (χ4n) is 6.82. The standard InChI is InChI=1S/C23H17F9N4O3.C21H14F6N2O4.C2H4F3N/c24-21(25,26)13-35-19(37)36-20(12-18-33-8-3-9-34-18,14-4-1-6-16(10-14)38-22(27,28)29)15-5-2-7-17(11-15)39-23(30,31)32;22-20(23,24)32-15-6-1-4-13(10-15)19(18(30)31,12-17-28-8-3-9-29-17)14-5-2-7-16(11-14)33-21(25,26)27;3-2(4,5)1-6/h1-11H,12-13H2,(H2,35,36,37);1-11H,12H2,(H,30,31);1,6H2. The molecular formula is C46H35F18N7O7. The number of amides is 2. The summed E-state index contributed by atoms with van der Waals surface area (Å²) in [4.78, 5) is 41.2. The summed E-state index contributed by atoms with van der Waals surface area (Å²) in [5.74, 6) is -4.62. The highest BCUT2D eigenvalue weighted by Crippen LogP contribution is 2.41. The molecule has 0 saturated carbocycles. The number of carboxylic acid groups (broad SMARTS) is 1. The molecule has 0 atom stereocenters. The number of carbonyl (C=O) groups excluding carboxylic acids is 1. The first-order chi connectivity index (χ1) is 36.0. The number of benzene rings is 4. The second-order valence-corrected chi connectivity index (χ2v) is 15.3. The molecule has 422 valence electrons. The minimum atomic E-state index is -5.14. The molecule has 0 aliphatic carbocycles. The van der Waals surface area contributed by atoms with Gasteiger partial charge in [-0.25, -0.2) is 24.7 Å². The maximum absolute atomic E-state index is 12.9. The number of nitrogens with two attached hydrogens (primary N) is 1. The van der Waals surface area contributed by atoms with Crippen molar-refractivity contribution >= 4 is 12.0 Å². The van der Waals surface area contributed by atoms with E-state index in [2.05, 4.69) is 49.9 Å². The summed E-state index contributed by atoms with van der Waals surface area (Å²) in [7, 11) is 0. The van der Waals surface area contributed by atoms with Crippen LogP contribution < -0.4 is 35.3 Å². The van der Waals surface area contributed by atoms with E-state index in [4.69, 9.17) is 0 Å². The van der Waals surface area contributed by atoms with Crippen LogP contribution in [0.5, 0.6) is 23.0 Å². The number of aromatic nitrogens is 4. The van der Waals surface area contributed by atoms with E-state index in [1.807, 2.05) is 0 Å². The van der Waals surface area contributed by atoms with Crippen LogP contribution in [-0.2, 0) is 28.6 Å². The lowest BCUT2D eigenvalue weighted by Crippen LogP contribution is -2.53. The van der Waals surface area contributed by atoms with E-state index in [0.717, 1.165) is 72.8 Å². The number of nitrogens with one attached hydrogen (secondary N) is 2. The fraction of sp³-hybridized carbons (Fsp3) is 0.261. The van der Waals surface area contributed by atoms with Gasteiger partial charge in [0.05, 0.1) is 12.1 Å². The predicted octanol–water partition coefficient (Wildman–Crippen LogP) is 11.0. The van der Waals surface area contributed by atoms with Crippen molar-refractivity contribution in [2.24, 2.45) is 5.73 Å². The van der Waals surface area contributed by atoms with Gasteiger partial charge in [-0.1, -0.05) is 48.5 Å². The van der Waals surface area contributed by atoms with E-state index in [0.29, 0.717) is 0 Å². The van der Waals surface area contributed by atoms with Crippen LogP contribution in [0.3, 0.4) is 0 Å². The highest BCUT2D eigenvalue weighted by Gasteiger charge is 2.46. The average Bonchev–Trinajstić information content (AvgIpc) is 3.31. The molecule has 14 nitrogen and oxygen atoms in total. The minimum Gasteiger partial charge on any atom is -0.480 e. The number of halogens is 18. The average molecular weight is 1140 g/mol. The lowest BCUT2D eigenvalue weighted by atomic mass is 9.71. The van der Waals surface area contributed by atoms with Crippen molar-refractivity contribution in [2.45, 2.75) is 61.6 Å². The quantitative estimate of drug-likeness (QED) is 0.0712. The van der Waals surface area contributed by atoms with Crippen molar-refractivity contribution in [1.29, 1.82) is 0 Å². The first kappa shape index (κ1) is 62.2. The third-order valence-electron chi connectivity index (χ3n) is 9.70. The number of hydrogen-bond donors (Lipinski definition) is 4. The van der Waals surface area contributed by atoms with Crippen LogP contribution >= 0.6 is 0 Å². The van der Waals surface area contributed by atoms with Crippen molar-refractivity contribution in [1.82, 2.24) is 30.6 Å². The summed E-state index contributed by atoms with van der Waals surface area (Å²) in [5, 5.41) is 14.1. The van der Waals surface area contributed by atoms with E-state index < -0.39 is 110 Å². The zero-order chi connectivity index (χ0) is 58.4. The Balaban J connectivity index is 0.000000308. The van der Waals surface area contributed by atoms with Crippen molar-refractivity contribution < 1.29 is 113 Å². The number of ether oxygens (including phenoxy) is 4. The Morgan fingerprint density at radius 3 is 1.06 bits per heavy atom. The molecule has 6 rings (SSSR count). The number of rotatable bonds is 15. The van der Waals surface area contributed by atoms with Crippen LogP contribution in [0, 0.1) is 0 Å². The number of carboxylic acids is 1. The highest BCUT2D eigenvalue weighted by molar-refractivity contribution is 5.87. The topological polar surface area (TPSA) is 193 Å². The van der Waals surface area contributed by atoms with Crippen LogP contribution in [0.2, 0.25) is 0 Å². The number of aliphatic carboxylic acids is 1. The minimum absolute atomic E-state index is 0.0100. The summed E-state index contributed by atoms with van der Waals surface area (Å²) in [5.41, 5.74) is -0.975. The van der Waals surface area contributed by atoms with Gasteiger partial charge in [-0.15, -0.1) is 52.7 Å². The molecule has 4 aromatic carbocycles. The molecule has 78 heavy (non-hydrogen) atoms. The molecule has 32 heteroatoms. The number of carbonyl (C=O) groups is 2. The molecule has 0 spiro atoms. The molecular weight excluding hydrogens is 1100 g/mol. The summed E-state index contributed by atoms with van der Waals surface area (Å²) >= 11 is 0. The van der Waals surface area contributed by atoms with Crippen LogP contribution in [0.25, 0.3) is 0 Å². The molecule has 0 radical (unpaired) electrons. The summed E-state index contributed by atoms with van der Waals surface area (Å²) in [6.07, 6.45) is -25.2. The van der Waals surface area contributed by atoms with Crippen molar-refractivity contribution in [3.63, 3.8) is 0 Å². The number of alkyl halides is 18. The normalized spacial score (nSPS) is 12.4. The van der Waals surface area contributed by atoms with E-state index in [9.17, 15) is 93.7 Å². The molecule has 0 aliphatic heterocycles. The maximum Gasteiger partial charge on any atom is 0.573 e. The van der Waals surface area contributed by atoms with Gasteiger partial charge in [-0.2, -0.15) is 26.3 Å². The molecule has 0 aliphatic rings. The van der Waals surface area contributed by atoms with Gasteiger partial charge in [0.15, 0.2) is 0 Å². The van der Waals surface area contributed by atoms with E-state index >= 15 is 0 Å². The number of nitrogens with zero attached hydrogens (tertiary/aromatic N) is 4. The Labute approximate surface area is 426 Å². The molecule has 5 N–H and O–H groups in total. The van der Waals surface area contributed by atoms with Gasteiger partial charge in [0.25, 0.3) is 0 Å². The first-order valence-corrected chi connectivity index (χ1v) is 21.1. The molecule has 0 saturated heterocycles. The Bertz CT molecular complexity index is 2770. The van der Waals surface area contributed by atoms with Crippen molar-refractivity contribution in [2.75, 3.05) is 13.1 Å². The van der Waals surface area contributed by atoms with E-state index in [-0.39, 0.29) is 33.9 Å². The summed E-state index contributed by atoms with van der Waals surface area (Å²) in [6, 6.07) is 17.8. The number of urea groups is 1.